The maximum atomic E-state index is 13.0. The number of thioether (sulfide) groups is 1. The lowest BCUT2D eigenvalue weighted by atomic mass is 9.94. The lowest BCUT2D eigenvalue weighted by Crippen LogP contribution is -2.45. The Bertz CT molecular complexity index is 906. The van der Waals surface area contributed by atoms with Gasteiger partial charge < -0.3 is 9.47 Å². The van der Waals surface area contributed by atoms with Gasteiger partial charge in [0.1, 0.15) is 5.75 Å². The lowest BCUT2D eigenvalue weighted by molar-refractivity contribution is -0.141. The van der Waals surface area contributed by atoms with Crippen molar-refractivity contribution in [1.82, 2.24) is 4.90 Å². The summed E-state index contributed by atoms with van der Waals surface area (Å²) in [6, 6.07) is 6.18. The number of esters is 2. The molecule has 0 saturated carbocycles. The highest BCUT2D eigenvalue weighted by atomic mass is 32.2. The lowest BCUT2D eigenvalue weighted by Gasteiger charge is -2.39. The average Bonchev–Trinajstić information content (AvgIpc) is 2.65. The smallest absolute Gasteiger partial charge is 0.338 e. The monoisotopic (exact) mass is 416 g/mol. The molecule has 1 atom stereocenters. The summed E-state index contributed by atoms with van der Waals surface area (Å²) >= 11 is 1.48. The van der Waals surface area contributed by atoms with Crippen molar-refractivity contribution >= 4 is 34.8 Å². The van der Waals surface area contributed by atoms with Gasteiger partial charge in [-0.05, 0) is 30.5 Å². The second-order valence-corrected chi connectivity index (χ2v) is 8.38. The third-order valence-electron chi connectivity index (χ3n) is 4.41. The minimum atomic E-state index is -0.682. The molecule has 7 nitrogen and oxygen atoms in total. The van der Waals surface area contributed by atoms with Crippen LogP contribution >= 0.6 is 11.8 Å². The summed E-state index contributed by atoms with van der Waals surface area (Å²) in [5.74, 6) is 0.136. The Labute approximate surface area is 174 Å². The molecule has 8 heteroatoms. The zero-order chi connectivity index (χ0) is 21.1. The molecule has 2 aliphatic rings. The molecule has 0 aromatic heterocycles. The molecule has 1 aromatic carbocycles. The predicted octanol–water partition coefficient (Wildman–Crippen LogP) is 3.46. The molecule has 1 fully saturated rings. The molecule has 0 unspecified atom stereocenters. The molecule has 29 heavy (non-hydrogen) atoms. The van der Waals surface area contributed by atoms with Gasteiger partial charge in [0, 0.05) is 19.1 Å². The summed E-state index contributed by atoms with van der Waals surface area (Å²) in [6.07, 6.45) is 0.358. The Kier molecular flexibility index (Phi) is 6.42. The van der Waals surface area contributed by atoms with Gasteiger partial charge >= 0.3 is 11.9 Å². The summed E-state index contributed by atoms with van der Waals surface area (Å²) in [4.78, 5) is 43.2. The van der Waals surface area contributed by atoms with E-state index in [0.29, 0.717) is 39.9 Å². The average molecular weight is 416 g/mol. The van der Waals surface area contributed by atoms with Crippen LogP contribution in [-0.2, 0) is 19.1 Å². The van der Waals surface area contributed by atoms with E-state index in [2.05, 4.69) is 4.99 Å². The van der Waals surface area contributed by atoms with Crippen molar-refractivity contribution in [2.45, 2.75) is 40.2 Å². The van der Waals surface area contributed by atoms with Gasteiger partial charge in [-0.2, -0.15) is 0 Å². The van der Waals surface area contributed by atoms with Crippen molar-refractivity contribution in [3.63, 3.8) is 0 Å². The first-order valence-electron chi connectivity index (χ1n) is 9.47. The summed E-state index contributed by atoms with van der Waals surface area (Å²) in [6.45, 7) is 7.25. The van der Waals surface area contributed by atoms with E-state index >= 15 is 0 Å². The SMILES string of the molecule is CC(=O)Oc1cccc([C@@H]2C(C(=O)OCC(C)C)=C(C)N=C3SCCC(=O)N32)c1. The Hall–Kier alpha value is -2.61. The normalized spacial score (nSPS) is 19.1. The number of fused-ring (bicyclic) bond motifs is 1. The van der Waals surface area contributed by atoms with Gasteiger partial charge in [-0.25, -0.2) is 9.79 Å². The quantitative estimate of drug-likeness (QED) is 0.540. The number of nitrogens with zero attached hydrogens (tertiary/aromatic N) is 2. The molecule has 0 N–H and O–H groups in total. The minimum Gasteiger partial charge on any atom is -0.462 e. The number of carbonyl (C=O) groups is 3. The largest absolute Gasteiger partial charge is 0.462 e. The number of aliphatic imine (C=N–C) groups is 1. The van der Waals surface area contributed by atoms with Gasteiger partial charge in [0.05, 0.1) is 23.9 Å². The van der Waals surface area contributed by atoms with E-state index in [1.165, 1.54) is 18.7 Å². The van der Waals surface area contributed by atoms with Crippen LogP contribution in [0.15, 0.2) is 40.5 Å². The fourth-order valence-electron chi connectivity index (χ4n) is 3.21. The number of ether oxygens (including phenoxy) is 2. The van der Waals surface area contributed by atoms with Crippen LogP contribution in [0.5, 0.6) is 5.75 Å². The number of benzene rings is 1. The molecule has 1 saturated heterocycles. The van der Waals surface area contributed by atoms with E-state index in [9.17, 15) is 14.4 Å². The summed E-state index contributed by atoms with van der Waals surface area (Å²) < 4.78 is 10.7. The fraction of sp³-hybridized carbons (Fsp3) is 0.429. The van der Waals surface area contributed by atoms with Crippen LogP contribution in [0.3, 0.4) is 0 Å². The van der Waals surface area contributed by atoms with Gasteiger partial charge in [0.25, 0.3) is 0 Å². The van der Waals surface area contributed by atoms with E-state index in [1.807, 2.05) is 13.8 Å². The van der Waals surface area contributed by atoms with Crippen LogP contribution in [0.1, 0.15) is 45.7 Å². The second kappa shape index (κ2) is 8.82. The van der Waals surface area contributed by atoms with Gasteiger partial charge in [-0.1, -0.05) is 37.7 Å². The summed E-state index contributed by atoms with van der Waals surface area (Å²) in [7, 11) is 0. The first-order valence-corrected chi connectivity index (χ1v) is 10.5. The Balaban J connectivity index is 2.08. The standard InChI is InChI=1S/C21H24N2O5S/c1-12(2)11-27-20(26)18-13(3)22-21-23(17(25)8-9-29-21)19(18)15-6-5-7-16(10-15)28-14(4)24/h5-7,10,12,19H,8-9,11H2,1-4H3/t19-/m1/s1. The van der Waals surface area contributed by atoms with Crippen LogP contribution in [0.4, 0.5) is 0 Å². The number of amidine groups is 1. The van der Waals surface area contributed by atoms with Crippen molar-refractivity contribution in [2.24, 2.45) is 10.9 Å². The van der Waals surface area contributed by atoms with E-state index in [4.69, 9.17) is 9.47 Å². The molecule has 0 spiro atoms. The Morgan fingerprint density at radius 2 is 2.10 bits per heavy atom. The molecule has 3 rings (SSSR count). The molecule has 0 bridgehead atoms. The van der Waals surface area contributed by atoms with Crippen molar-refractivity contribution < 1.29 is 23.9 Å². The van der Waals surface area contributed by atoms with Gasteiger partial charge in [-0.3, -0.25) is 14.5 Å². The summed E-state index contributed by atoms with van der Waals surface area (Å²) in [5, 5.41) is 0.571. The molecular weight excluding hydrogens is 392 g/mol. The molecule has 0 radical (unpaired) electrons. The number of hydrogen-bond donors (Lipinski definition) is 0. The van der Waals surface area contributed by atoms with E-state index in [-0.39, 0.29) is 18.4 Å². The molecule has 2 heterocycles. The Morgan fingerprint density at radius 3 is 2.79 bits per heavy atom. The topological polar surface area (TPSA) is 85.3 Å². The number of hydrogen-bond acceptors (Lipinski definition) is 7. The maximum absolute atomic E-state index is 13.0. The second-order valence-electron chi connectivity index (χ2n) is 7.32. The number of allylic oxidation sites excluding steroid dienone is 1. The number of amides is 1. The van der Waals surface area contributed by atoms with E-state index in [1.54, 1.807) is 36.1 Å². The summed E-state index contributed by atoms with van der Waals surface area (Å²) in [5.41, 5.74) is 1.50. The molecule has 2 aliphatic heterocycles. The molecule has 1 aromatic rings. The van der Waals surface area contributed by atoms with Crippen LogP contribution in [0.2, 0.25) is 0 Å². The molecule has 154 valence electrons. The van der Waals surface area contributed by atoms with Crippen molar-refractivity contribution in [2.75, 3.05) is 12.4 Å². The van der Waals surface area contributed by atoms with Crippen LogP contribution in [0, 0.1) is 5.92 Å². The fourth-order valence-corrected chi connectivity index (χ4v) is 4.21. The molecular formula is C21H24N2O5S. The van der Waals surface area contributed by atoms with Crippen LogP contribution in [0.25, 0.3) is 0 Å². The molecule has 0 aliphatic carbocycles. The number of rotatable bonds is 5. The van der Waals surface area contributed by atoms with Gasteiger partial charge in [0.2, 0.25) is 5.91 Å². The third kappa shape index (κ3) is 4.70. The van der Waals surface area contributed by atoms with Gasteiger partial charge in [0.15, 0.2) is 5.17 Å². The maximum Gasteiger partial charge on any atom is 0.338 e. The Morgan fingerprint density at radius 1 is 1.34 bits per heavy atom. The highest BCUT2D eigenvalue weighted by molar-refractivity contribution is 8.14. The first-order chi connectivity index (χ1) is 13.8. The highest BCUT2D eigenvalue weighted by Crippen LogP contribution is 2.41. The number of carbonyl (C=O) groups excluding carboxylic acids is 3. The van der Waals surface area contributed by atoms with Crippen LogP contribution in [-0.4, -0.2) is 40.3 Å². The third-order valence-corrected chi connectivity index (χ3v) is 5.36. The van der Waals surface area contributed by atoms with Crippen molar-refractivity contribution in [3.05, 3.63) is 41.1 Å². The molecule has 1 amide bonds. The van der Waals surface area contributed by atoms with Crippen LogP contribution < -0.4 is 4.74 Å². The van der Waals surface area contributed by atoms with Crippen molar-refractivity contribution in [3.8, 4) is 5.75 Å². The first kappa shape index (κ1) is 21.1. The van der Waals surface area contributed by atoms with E-state index in [0.717, 1.165) is 0 Å². The van der Waals surface area contributed by atoms with Crippen molar-refractivity contribution in [1.29, 1.82) is 0 Å². The van der Waals surface area contributed by atoms with Gasteiger partial charge in [-0.15, -0.1) is 0 Å². The zero-order valence-corrected chi connectivity index (χ0v) is 17.7. The zero-order valence-electron chi connectivity index (χ0n) is 16.9. The minimum absolute atomic E-state index is 0.105. The van der Waals surface area contributed by atoms with E-state index < -0.39 is 18.0 Å². The predicted molar refractivity (Wildman–Crippen MR) is 110 cm³/mol. The highest BCUT2D eigenvalue weighted by Gasteiger charge is 2.41.